The van der Waals surface area contributed by atoms with Crippen molar-refractivity contribution in [3.8, 4) is 5.75 Å². The number of nitrogen functional groups attached to an aromatic ring is 1. The first-order valence-electron chi connectivity index (χ1n) is 5.59. The van der Waals surface area contributed by atoms with Gasteiger partial charge in [-0.1, -0.05) is 6.07 Å². The summed E-state index contributed by atoms with van der Waals surface area (Å²) in [5, 5.41) is 0. The van der Waals surface area contributed by atoms with Gasteiger partial charge in [0.2, 0.25) is 0 Å². The Kier molecular flexibility index (Phi) is 4.14. The number of carbonyl (C=O) groups excluding carboxylic acids is 1. The van der Waals surface area contributed by atoms with Gasteiger partial charge >= 0.3 is 0 Å². The zero-order valence-corrected chi connectivity index (χ0v) is 10.4. The van der Waals surface area contributed by atoms with E-state index in [4.69, 9.17) is 10.5 Å². The second kappa shape index (κ2) is 5.82. The number of anilines is 1. The number of benzene rings is 1. The standard InChI is InChI=1S/C12H16N2O2S/c13-10-2-1-3-11(8-10)16-9-12(15)14-4-6-17-7-5-14/h1-3,8H,4-7,9,13H2. The van der Waals surface area contributed by atoms with Gasteiger partial charge in [0.05, 0.1) is 0 Å². The maximum absolute atomic E-state index is 11.8. The topological polar surface area (TPSA) is 55.6 Å². The third-order valence-corrected chi connectivity index (χ3v) is 3.53. The highest BCUT2D eigenvalue weighted by Gasteiger charge is 2.16. The molecule has 2 N–H and O–H groups in total. The Morgan fingerprint density at radius 1 is 1.41 bits per heavy atom. The van der Waals surface area contributed by atoms with Crippen molar-refractivity contribution in [1.29, 1.82) is 0 Å². The molecule has 92 valence electrons. The fraction of sp³-hybridized carbons (Fsp3) is 0.417. The van der Waals surface area contributed by atoms with Gasteiger partial charge in [0.1, 0.15) is 5.75 Å². The lowest BCUT2D eigenvalue weighted by molar-refractivity contribution is -0.132. The van der Waals surface area contributed by atoms with Crippen LogP contribution >= 0.6 is 11.8 Å². The summed E-state index contributed by atoms with van der Waals surface area (Å²) >= 11 is 1.88. The predicted molar refractivity (Wildman–Crippen MR) is 70.3 cm³/mol. The van der Waals surface area contributed by atoms with Crippen molar-refractivity contribution in [1.82, 2.24) is 4.90 Å². The fourth-order valence-corrected chi connectivity index (χ4v) is 2.56. The lowest BCUT2D eigenvalue weighted by atomic mass is 10.3. The SMILES string of the molecule is Nc1cccc(OCC(=O)N2CCSCC2)c1. The first-order chi connectivity index (χ1) is 8.25. The van der Waals surface area contributed by atoms with Gasteiger partial charge in [-0.25, -0.2) is 0 Å². The van der Waals surface area contributed by atoms with Crippen LogP contribution in [-0.2, 0) is 4.79 Å². The summed E-state index contributed by atoms with van der Waals surface area (Å²) in [5.41, 5.74) is 6.27. The molecular formula is C12H16N2O2S. The highest BCUT2D eigenvalue weighted by molar-refractivity contribution is 7.99. The molecule has 1 saturated heterocycles. The molecule has 1 aromatic carbocycles. The second-order valence-corrected chi connectivity index (χ2v) is 5.08. The van der Waals surface area contributed by atoms with E-state index >= 15 is 0 Å². The van der Waals surface area contributed by atoms with E-state index < -0.39 is 0 Å². The summed E-state index contributed by atoms with van der Waals surface area (Å²) in [7, 11) is 0. The third-order valence-electron chi connectivity index (χ3n) is 2.58. The van der Waals surface area contributed by atoms with E-state index in [1.807, 2.05) is 22.7 Å². The Balaban J connectivity index is 1.83. The van der Waals surface area contributed by atoms with Crippen molar-refractivity contribution in [2.75, 3.05) is 36.9 Å². The van der Waals surface area contributed by atoms with Crippen molar-refractivity contribution in [3.63, 3.8) is 0 Å². The van der Waals surface area contributed by atoms with E-state index in [2.05, 4.69) is 0 Å². The Morgan fingerprint density at radius 2 is 2.18 bits per heavy atom. The van der Waals surface area contributed by atoms with Crippen molar-refractivity contribution >= 4 is 23.4 Å². The van der Waals surface area contributed by atoms with Gasteiger partial charge in [-0.3, -0.25) is 4.79 Å². The average Bonchev–Trinajstić information content (AvgIpc) is 2.37. The van der Waals surface area contributed by atoms with Gasteiger partial charge in [-0.15, -0.1) is 0 Å². The van der Waals surface area contributed by atoms with Crippen molar-refractivity contribution in [3.05, 3.63) is 24.3 Å². The zero-order valence-electron chi connectivity index (χ0n) is 9.59. The Labute approximate surface area is 105 Å². The van der Waals surface area contributed by atoms with Crippen LogP contribution in [0, 0.1) is 0 Å². The summed E-state index contributed by atoms with van der Waals surface area (Å²) in [5.74, 6) is 2.73. The Bertz CT molecular complexity index is 392. The summed E-state index contributed by atoms with van der Waals surface area (Å²) < 4.78 is 5.42. The van der Waals surface area contributed by atoms with Gasteiger partial charge in [-0.2, -0.15) is 11.8 Å². The van der Waals surface area contributed by atoms with Crippen molar-refractivity contribution in [2.45, 2.75) is 0 Å². The summed E-state index contributed by atoms with van der Waals surface area (Å²) in [6.45, 7) is 1.74. The molecule has 17 heavy (non-hydrogen) atoms. The van der Waals surface area contributed by atoms with Crippen LogP contribution < -0.4 is 10.5 Å². The van der Waals surface area contributed by atoms with Gasteiger partial charge in [0, 0.05) is 36.3 Å². The molecule has 0 unspecified atom stereocenters. The van der Waals surface area contributed by atoms with Gasteiger partial charge in [0.25, 0.3) is 5.91 Å². The third kappa shape index (κ3) is 3.56. The summed E-state index contributed by atoms with van der Waals surface area (Å²) in [6, 6.07) is 7.12. The molecule has 0 radical (unpaired) electrons. The molecule has 1 aliphatic rings. The molecule has 1 aliphatic heterocycles. The van der Waals surface area contributed by atoms with E-state index in [0.717, 1.165) is 24.6 Å². The molecule has 0 aromatic heterocycles. The number of carbonyl (C=O) groups is 1. The maximum Gasteiger partial charge on any atom is 0.260 e. The van der Waals surface area contributed by atoms with Gasteiger partial charge in [0.15, 0.2) is 6.61 Å². The van der Waals surface area contributed by atoms with E-state index in [1.165, 1.54) is 0 Å². The Morgan fingerprint density at radius 3 is 2.88 bits per heavy atom. The molecule has 0 saturated carbocycles. The monoisotopic (exact) mass is 252 g/mol. The minimum atomic E-state index is 0.0488. The molecule has 2 rings (SSSR count). The number of thioether (sulfide) groups is 1. The van der Waals surface area contributed by atoms with Gasteiger partial charge in [-0.05, 0) is 12.1 Å². The molecule has 0 atom stereocenters. The van der Waals surface area contributed by atoms with Crippen LogP contribution in [0.1, 0.15) is 0 Å². The van der Waals surface area contributed by atoms with Crippen molar-refractivity contribution < 1.29 is 9.53 Å². The maximum atomic E-state index is 11.8. The Hall–Kier alpha value is -1.36. The molecular weight excluding hydrogens is 236 g/mol. The molecule has 4 nitrogen and oxygen atoms in total. The summed E-state index contributed by atoms with van der Waals surface area (Å²) in [6.07, 6.45) is 0. The number of hydrogen-bond donors (Lipinski definition) is 1. The molecule has 0 spiro atoms. The van der Waals surface area contributed by atoms with Crippen LogP contribution in [0.15, 0.2) is 24.3 Å². The van der Waals surface area contributed by atoms with Gasteiger partial charge < -0.3 is 15.4 Å². The highest BCUT2D eigenvalue weighted by atomic mass is 32.2. The fourth-order valence-electron chi connectivity index (χ4n) is 1.65. The van der Waals surface area contributed by atoms with Crippen LogP contribution in [0.4, 0.5) is 5.69 Å². The molecule has 1 heterocycles. The van der Waals surface area contributed by atoms with Crippen LogP contribution in [0.2, 0.25) is 0 Å². The number of rotatable bonds is 3. The lowest BCUT2D eigenvalue weighted by Crippen LogP contribution is -2.40. The number of ether oxygens (including phenoxy) is 1. The zero-order chi connectivity index (χ0) is 12.1. The summed E-state index contributed by atoms with van der Waals surface area (Å²) in [4.78, 5) is 13.7. The first kappa shape index (κ1) is 12.1. The predicted octanol–water partition coefficient (Wildman–Crippen LogP) is 1.22. The normalized spacial score (nSPS) is 15.6. The lowest BCUT2D eigenvalue weighted by Gasteiger charge is -2.26. The van der Waals surface area contributed by atoms with Crippen LogP contribution in [0.5, 0.6) is 5.75 Å². The van der Waals surface area contributed by atoms with E-state index in [-0.39, 0.29) is 12.5 Å². The van der Waals surface area contributed by atoms with Crippen LogP contribution in [0.25, 0.3) is 0 Å². The van der Waals surface area contributed by atoms with E-state index in [9.17, 15) is 4.79 Å². The first-order valence-corrected chi connectivity index (χ1v) is 6.75. The smallest absolute Gasteiger partial charge is 0.260 e. The number of nitrogens with two attached hydrogens (primary N) is 1. The number of amides is 1. The minimum absolute atomic E-state index is 0.0488. The van der Waals surface area contributed by atoms with E-state index in [0.29, 0.717) is 11.4 Å². The molecule has 1 aromatic rings. The van der Waals surface area contributed by atoms with Crippen molar-refractivity contribution in [2.24, 2.45) is 0 Å². The number of hydrogen-bond acceptors (Lipinski definition) is 4. The molecule has 1 fully saturated rings. The molecule has 0 aliphatic carbocycles. The largest absolute Gasteiger partial charge is 0.484 e. The average molecular weight is 252 g/mol. The quantitative estimate of drug-likeness (QED) is 0.822. The molecule has 0 bridgehead atoms. The number of nitrogens with zero attached hydrogens (tertiary/aromatic N) is 1. The van der Waals surface area contributed by atoms with Crippen LogP contribution in [0.3, 0.4) is 0 Å². The molecule has 5 heteroatoms. The highest BCUT2D eigenvalue weighted by Crippen LogP contribution is 2.15. The van der Waals surface area contributed by atoms with E-state index in [1.54, 1.807) is 18.2 Å². The minimum Gasteiger partial charge on any atom is -0.484 e. The van der Waals surface area contributed by atoms with Crippen LogP contribution in [-0.4, -0.2) is 42.0 Å². The second-order valence-electron chi connectivity index (χ2n) is 3.85. The molecule has 1 amide bonds.